The zero-order chi connectivity index (χ0) is 8.10. The van der Waals surface area contributed by atoms with Crippen molar-refractivity contribution in [3.05, 3.63) is 18.1 Å². The summed E-state index contributed by atoms with van der Waals surface area (Å²) < 4.78 is 0. The summed E-state index contributed by atoms with van der Waals surface area (Å²) >= 11 is 0. The second kappa shape index (κ2) is 3.88. The average Bonchev–Trinajstić information content (AvgIpc) is 2.06. The molecule has 1 aromatic heterocycles. The van der Waals surface area contributed by atoms with Crippen LogP contribution >= 0.6 is 0 Å². The minimum atomic E-state index is 0.670. The highest BCUT2D eigenvalue weighted by molar-refractivity contribution is 5.30. The first-order valence-electron chi connectivity index (χ1n) is 3.65. The number of nitrogens with two attached hydrogens (primary N) is 1. The van der Waals surface area contributed by atoms with Crippen LogP contribution in [-0.2, 0) is 6.42 Å². The van der Waals surface area contributed by atoms with Crippen LogP contribution in [0.15, 0.2) is 12.3 Å². The van der Waals surface area contributed by atoms with E-state index in [1.165, 1.54) is 0 Å². The lowest BCUT2D eigenvalue weighted by Gasteiger charge is -1.99. The van der Waals surface area contributed by atoms with Crippen molar-refractivity contribution in [3.63, 3.8) is 0 Å². The van der Waals surface area contributed by atoms with Crippen molar-refractivity contribution < 1.29 is 0 Å². The normalized spacial score (nSPS) is 9.64. The standard InChI is InChI=1S/C7H12N4/c1-2-3-6-9-5-4-7(10-6)11-8/h4-5H,2-3,8H2,1H3,(H,9,10,11). The third-order valence-corrected chi connectivity index (χ3v) is 1.33. The number of rotatable bonds is 3. The number of hydrazine groups is 1. The quantitative estimate of drug-likeness (QED) is 0.494. The lowest BCUT2D eigenvalue weighted by molar-refractivity contribution is 0.835. The maximum absolute atomic E-state index is 5.17. The van der Waals surface area contributed by atoms with Gasteiger partial charge in [0.05, 0.1) is 0 Å². The van der Waals surface area contributed by atoms with E-state index in [4.69, 9.17) is 5.84 Å². The van der Waals surface area contributed by atoms with Gasteiger partial charge in [0.15, 0.2) is 0 Å². The molecule has 11 heavy (non-hydrogen) atoms. The fraction of sp³-hybridized carbons (Fsp3) is 0.429. The molecule has 1 aromatic rings. The maximum atomic E-state index is 5.17. The highest BCUT2D eigenvalue weighted by Crippen LogP contribution is 2.00. The Morgan fingerprint density at radius 1 is 1.64 bits per heavy atom. The van der Waals surface area contributed by atoms with Crippen LogP contribution in [0.1, 0.15) is 19.2 Å². The van der Waals surface area contributed by atoms with Gasteiger partial charge in [-0.25, -0.2) is 15.8 Å². The van der Waals surface area contributed by atoms with Crippen molar-refractivity contribution in [3.8, 4) is 0 Å². The van der Waals surface area contributed by atoms with Crippen LogP contribution in [0.4, 0.5) is 5.82 Å². The SMILES string of the molecule is CCCc1nccc(NN)n1. The van der Waals surface area contributed by atoms with Gasteiger partial charge in [0.25, 0.3) is 0 Å². The van der Waals surface area contributed by atoms with Crippen LogP contribution in [0, 0.1) is 0 Å². The van der Waals surface area contributed by atoms with E-state index in [2.05, 4.69) is 22.3 Å². The molecular weight excluding hydrogens is 140 g/mol. The van der Waals surface area contributed by atoms with Crippen molar-refractivity contribution >= 4 is 5.82 Å². The van der Waals surface area contributed by atoms with Crippen LogP contribution < -0.4 is 11.3 Å². The Bertz CT molecular complexity index is 223. The van der Waals surface area contributed by atoms with Crippen molar-refractivity contribution in [2.45, 2.75) is 19.8 Å². The van der Waals surface area contributed by atoms with E-state index in [1.807, 2.05) is 0 Å². The van der Waals surface area contributed by atoms with E-state index in [0.717, 1.165) is 18.7 Å². The lowest BCUT2D eigenvalue weighted by atomic mass is 10.3. The zero-order valence-corrected chi connectivity index (χ0v) is 6.54. The van der Waals surface area contributed by atoms with Crippen LogP contribution in [0.25, 0.3) is 0 Å². The molecule has 0 aliphatic rings. The van der Waals surface area contributed by atoms with Gasteiger partial charge >= 0.3 is 0 Å². The predicted octanol–water partition coefficient (Wildman–Crippen LogP) is 0.715. The van der Waals surface area contributed by atoms with Crippen molar-refractivity contribution in [2.75, 3.05) is 5.43 Å². The minimum absolute atomic E-state index is 0.670. The Morgan fingerprint density at radius 2 is 2.45 bits per heavy atom. The molecule has 0 aliphatic carbocycles. The van der Waals surface area contributed by atoms with Gasteiger partial charge in [-0.1, -0.05) is 6.92 Å². The lowest BCUT2D eigenvalue weighted by Crippen LogP contribution is -2.09. The van der Waals surface area contributed by atoms with E-state index < -0.39 is 0 Å². The van der Waals surface area contributed by atoms with Gasteiger partial charge in [-0.15, -0.1) is 0 Å². The number of aryl methyl sites for hydroxylation is 1. The van der Waals surface area contributed by atoms with Crippen molar-refractivity contribution in [2.24, 2.45) is 5.84 Å². The van der Waals surface area contributed by atoms with E-state index in [1.54, 1.807) is 12.3 Å². The van der Waals surface area contributed by atoms with Gasteiger partial charge < -0.3 is 5.43 Å². The maximum Gasteiger partial charge on any atom is 0.143 e. The number of hydrogen-bond acceptors (Lipinski definition) is 4. The number of nitrogen functional groups attached to an aromatic ring is 1. The van der Waals surface area contributed by atoms with E-state index in [0.29, 0.717) is 5.82 Å². The van der Waals surface area contributed by atoms with Crippen LogP contribution in [0.3, 0.4) is 0 Å². The second-order valence-corrected chi connectivity index (χ2v) is 2.25. The van der Waals surface area contributed by atoms with Crippen molar-refractivity contribution in [1.82, 2.24) is 9.97 Å². The van der Waals surface area contributed by atoms with Gasteiger partial charge in [0.2, 0.25) is 0 Å². The molecule has 1 heterocycles. The number of nitrogens with one attached hydrogen (secondary N) is 1. The first-order valence-corrected chi connectivity index (χ1v) is 3.65. The number of nitrogens with zero attached hydrogens (tertiary/aromatic N) is 2. The molecule has 0 aliphatic heterocycles. The van der Waals surface area contributed by atoms with Gasteiger partial charge in [0, 0.05) is 18.7 Å². The number of anilines is 1. The molecule has 0 atom stereocenters. The third-order valence-electron chi connectivity index (χ3n) is 1.33. The van der Waals surface area contributed by atoms with E-state index >= 15 is 0 Å². The fourth-order valence-corrected chi connectivity index (χ4v) is 0.824. The Labute approximate surface area is 65.8 Å². The van der Waals surface area contributed by atoms with Crippen LogP contribution in [0.2, 0.25) is 0 Å². The van der Waals surface area contributed by atoms with Gasteiger partial charge in [-0.05, 0) is 6.42 Å². The van der Waals surface area contributed by atoms with E-state index in [-0.39, 0.29) is 0 Å². The first kappa shape index (κ1) is 7.94. The molecule has 0 radical (unpaired) electrons. The highest BCUT2D eigenvalue weighted by Gasteiger charge is 1.94. The smallest absolute Gasteiger partial charge is 0.143 e. The molecule has 0 saturated heterocycles. The molecule has 0 saturated carbocycles. The van der Waals surface area contributed by atoms with Crippen LogP contribution in [-0.4, -0.2) is 9.97 Å². The van der Waals surface area contributed by atoms with Gasteiger partial charge in [-0.2, -0.15) is 0 Å². The summed E-state index contributed by atoms with van der Waals surface area (Å²) in [5, 5.41) is 0. The number of aromatic nitrogens is 2. The van der Waals surface area contributed by atoms with Crippen LogP contribution in [0.5, 0.6) is 0 Å². The Kier molecular flexibility index (Phi) is 2.80. The minimum Gasteiger partial charge on any atom is -0.308 e. The summed E-state index contributed by atoms with van der Waals surface area (Å²) in [7, 11) is 0. The summed E-state index contributed by atoms with van der Waals surface area (Å²) in [6, 6.07) is 1.74. The molecule has 0 spiro atoms. The highest BCUT2D eigenvalue weighted by atomic mass is 15.3. The first-order chi connectivity index (χ1) is 5.36. The molecule has 0 bridgehead atoms. The summed E-state index contributed by atoms with van der Waals surface area (Å²) in [5.41, 5.74) is 2.47. The molecule has 0 aromatic carbocycles. The molecular formula is C7H12N4. The predicted molar refractivity (Wildman–Crippen MR) is 43.8 cm³/mol. The molecule has 3 N–H and O–H groups in total. The largest absolute Gasteiger partial charge is 0.308 e. The molecule has 60 valence electrons. The summed E-state index contributed by atoms with van der Waals surface area (Å²) in [6.07, 6.45) is 3.65. The molecule has 0 amide bonds. The molecule has 4 nitrogen and oxygen atoms in total. The number of hydrogen-bond donors (Lipinski definition) is 2. The Hall–Kier alpha value is -1.16. The average molecular weight is 152 g/mol. The Balaban J connectivity index is 2.74. The monoisotopic (exact) mass is 152 g/mol. The summed E-state index contributed by atoms with van der Waals surface area (Å²) in [5.74, 6) is 6.68. The van der Waals surface area contributed by atoms with Crippen molar-refractivity contribution in [1.29, 1.82) is 0 Å². The summed E-state index contributed by atoms with van der Waals surface area (Å²) in [6.45, 7) is 2.09. The van der Waals surface area contributed by atoms with Gasteiger partial charge in [0.1, 0.15) is 11.6 Å². The Morgan fingerprint density at radius 3 is 3.09 bits per heavy atom. The molecule has 4 heteroatoms. The topological polar surface area (TPSA) is 63.8 Å². The van der Waals surface area contributed by atoms with Gasteiger partial charge in [-0.3, -0.25) is 0 Å². The molecule has 0 fully saturated rings. The third kappa shape index (κ3) is 2.16. The van der Waals surface area contributed by atoms with E-state index in [9.17, 15) is 0 Å². The molecule has 1 rings (SSSR count). The zero-order valence-electron chi connectivity index (χ0n) is 6.54. The fourth-order valence-electron chi connectivity index (χ4n) is 0.824. The summed E-state index contributed by atoms with van der Waals surface area (Å²) in [4.78, 5) is 8.20. The second-order valence-electron chi connectivity index (χ2n) is 2.25. The molecule has 0 unspecified atom stereocenters.